The van der Waals surface area contributed by atoms with Crippen molar-refractivity contribution in [3.05, 3.63) is 0 Å². The molecule has 1 aliphatic rings. The summed E-state index contributed by atoms with van der Waals surface area (Å²) < 4.78 is 11.6. The van der Waals surface area contributed by atoms with Gasteiger partial charge < -0.3 is 19.5 Å². The van der Waals surface area contributed by atoms with Gasteiger partial charge in [0.1, 0.15) is 6.10 Å². The zero-order chi connectivity index (χ0) is 36.4. The Hall–Kier alpha value is -1.14. The standard InChI is InChI=1S/C43H83NO5/c1-8-10-18-26-38(27-19-11-9-2)30-35-48-40(46)28-20-14-12-16-22-31-44(33-24-25-34-45)32-23-17-13-15-21-29-41(47)49-39-36-37(3)42(4,5)43(39,6)7/h37-39,45H,8-36H2,1-7H3/t37-,39+/m1/s1. The number of nitrogens with zero attached hydrogens (tertiary/aromatic N) is 1. The third kappa shape index (κ3) is 19.9. The molecule has 49 heavy (non-hydrogen) atoms. The molecule has 2 atom stereocenters. The number of rotatable bonds is 32. The summed E-state index contributed by atoms with van der Waals surface area (Å²) in [6.07, 6.45) is 26.5. The Morgan fingerprint density at radius 2 is 1.14 bits per heavy atom. The quantitative estimate of drug-likeness (QED) is 0.0558. The van der Waals surface area contributed by atoms with Crippen LogP contribution >= 0.6 is 0 Å². The zero-order valence-electron chi connectivity index (χ0n) is 33.8. The van der Waals surface area contributed by atoms with E-state index in [-0.39, 0.29) is 35.5 Å². The van der Waals surface area contributed by atoms with E-state index in [4.69, 9.17) is 9.47 Å². The number of aliphatic hydroxyl groups is 1. The van der Waals surface area contributed by atoms with Crippen molar-refractivity contribution in [3.8, 4) is 0 Å². The second-order valence-electron chi connectivity index (χ2n) is 16.7. The van der Waals surface area contributed by atoms with Crippen molar-refractivity contribution >= 4 is 11.9 Å². The lowest BCUT2D eigenvalue weighted by atomic mass is 9.67. The van der Waals surface area contributed by atoms with Crippen LogP contribution in [0.15, 0.2) is 0 Å². The maximum absolute atomic E-state index is 12.6. The first-order chi connectivity index (χ1) is 23.5. The molecule has 0 bridgehead atoms. The number of unbranched alkanes of at least 4 members (excludes halogenated alkanes) is 13. The van der Waals surface area contributed by atoms with Gasteiger partial charge in [0.05, 0.1) is 6.61 Å². The van der Waals surface area contributed by atoms with Crippen LogP contribution in [0.1, 0.15) is 203 Å². The van der Waals surface area contributed by atoms with Crippen LogP contribution in [-0.4, -0.2) is 60.9 Å². The van der Waals surface area contributed by atoms with Gasteiger partial charge in [-0.3, -0.25) is 9.59 Å². The minimum atomic E-state index is -0.0207. The fourth-order valence-electron chi connectivity index (χ4n) is 7.64. The smallest absolute Gasteiger partial charge is 0.306 e. The van der Waals surface area contributed by atoms with Crippen molar-refractivity contribution in [1.82, 2.24) is 4.90 Å². The zero-order valence-corrected chi connectivity index (χ0v) is 33.8. The van der Waals surface area contributed by atoms with Crippen LogP contribution in [0, 0.1) is 22.7 Å². The molecule has 1 saturated carbocycles. The van der Waals surface area contributed by atoms with Crippen LogP contribution in [0.5, 0.6) is 0 Å². The van der Waals surface area contributed by atoms with Crippen LogP contribution in [0.4, 0.5) is 0 Å². The van der Waals surface area contributed by atoms with Crippen molar-refractivity contribution in [3.63, 3.8) is 0 Å². The van der Waals surface area contributed by atoms with Gasteiger partial charge in [-0.05, 0) is 88.3 Å². The average molecular weight is 694 g/mol. The first-order valence-corrected chi connectivity index (χ1v) is 21.2. The molecule has 1 N–H and O–H groups in total. The van der Waals surface area contributed by atoms with Gasteiger partial charge in [-0.15, -0.1) is 0 Å². The lowest BCUT2D eigenvalue weighted by Crippen LogP contribution is -2.38. The molecule has 0 radical (unpaired) electrons. The number of esters is 2. The monoisotopic (exact) mass is 694 g/mol. The summed E-state index contributed by atoms with van der Waals surface area (Å²) in [7, 11) is 0. The normalized spacial score (nSPS) is 18.4. The minimum Gasteiger partial charge on any atom is -0.466 e. The summed E-state index contributed by atoms with van der Waals surface area (Å²) in [5.41, 5.74) is 0.178. The molecule has 1 rings (SSSR count). The Morgan fingerprint density at radius 3 is 1.63 bits per heavy atom. The maximum Gasteiger partial charge on any atom is 0.306 e. The minimum absolute atomic E-state index is 0.00532. The molecule has 1 fully saturated rings. The molecule has 0 saturated heterocycles. The first-order valence-electron chi connectivity index (χ1n) is 21.2. The lowest BCUT2D eigenvalue weighted by molar-refractivity contribution is -0.155. The van der Waals surface area contributed by atoms with Crippen molar-refractivity contribution in [2.75, 3.05) is 32.8 Å². The Labute approximate surface area is 304 Å². The second-order valence-corrected chi connectivity index (χ2v) is 16.7. The largest absolute Gasteiger partial charge is 0.466 e. The Balaban J connectivity index is 2.15. The van der Waals surface area contributed by atoms with Crippen LogP contribution in [0.2, 0.25) is 0 Å². The maximum atomic E-state index is 12.6. The van der Waals surface area contributed by atoms with E-state index in [0.29, 0.717) is 31.3 Å². The van der Waals surface area contributed by atoms with Gasteiger partial charge in [0.25, 0.3) is 0 Å². The van der Waals surface area contributed by atoms with Crippen LogP contribution < -0.4 is 0 Å². The molecular weight excluding hydrogens is 610 g/mol. The van der Waals surface area contributed by atoms with Gasteiger partial charge in [0.2, 0.25) is 0 Å². The third-order valence-electron chi connectivity index (χ3n) is 12.4. The molecule has 0 aromatic carbocycles. The van der Waals surface area contributed by atoms with Crippen molar-refractivity contribution in [2.24, 2.45) is 22.7 Å². The number of ether oxygens (including phenoxy) is 2. The van der Waals surface area contributed by atoms with E-state index < -0.39 is 0 Å². The number of carbonyl (C=O) groups is 2. The predicted molar refractivity (Wildman–Crippen MR) is 207 cm³/mol. The number of hydrogen-bond acceptors (Lipinski definition) is 6. The van der Waals surface area contributed by atoms with Gasteiger partial charge >= 0.3 is 11.9 Å². The summed E-state index contributed by atoms with van der Waals surface area (Å²) in [4.78, 5) is 27.5. The van der Waals surface area contributed by atoms with Gasteiger partial charge in [-0.25, -0.2) is 0 Å². The number of hydrogen-bond donors (Lipinski definition) is 1. The fraction of sp³-hybridized carbons (Fsp3) is 0.953. The third-order valence-corrected chi connectivity index (χ3v) is 12.4. The Bertz CT molecular complexity index is 817. The van der Waals surface area contributed by atoms with E-state index in [9.17, 15) is 14.7 Å². The predicted octanol–water partition coefficient (Wildman–Crippen LogP) is 11.5. The number of carbonyl (C=O) groups excluding carboxylic acids is 2. The summed E-state index contributed by atoms with van der Waals surface area (Å²) in [5.74, 6) is 1.23. The fourth-order valence-corrected chi connectivity index (χ4v) is 7.64. The van der Waals surface area contributed by atoms with Gasteiger partial charge in [0, 0.05) is 24.9 Å². The van der Waals surface area contributed by atoms with E-state index in [1.54, 1.807) is 0 Å². The molecule has 0 amide bonds. The molecule has 0 spiro atoms. The van der Waals surface area contributed by atoms with Gasteiger partial charge in [-0.1, -0.05) is 138 Å². The molecule has 6 nitrogen and oxygen atoms in total. The van der Waals surface area contributed by atoms with E-state index in [0.717, 1.165) is 77.4 Å². The highest BCUT2D eigenvalue weighted by atomic mass is 16.5. The van der Waals surface area contributed by atoms with Crippen LogP contribution in [-0.2, 0) is 19.1 Å². The topological polar surface area (TPSA) is 76.1 Å². The van der Waals surface area contributed by atoms with Crippen molar-refractivity contribution in [2.45, 2.75) is 209 Å². The summed E-state index contributed by atoms with van der Waals surface area (Å²) in [6.45, 7) is 20.1. The molecule has 0 heterocycles. The summed E-state index contributed by atoms with van der Waals surface area (Å²) in [5, 5.41) is 9.26. The molecule has 6 heteroatoms. The van der Waals surface area contributed by atoms with E-state index >= 15 is 0 Å². The van der Waals surface area contributed by atoms with Crippen LogP contribution in [0.25, 0.3) is 0 Å². The van der Waals surface area contributed by atoms with Crippen LogP contribution in [0.3, 0.4) is 0 Å². The molecule has 0 aliphatic heterocycles. The SMILES string of the molecule is CCCCCC(CCCCC)CCOC(=O)CCCCCCCN(CCCCO)CCCCCCCC(=O)O[C@H]1C[C@@H](C)C(C)(C)C1(C)C. The van der Waals surface area contributed by atoms with Crippen molar-refractivity contribution < 1.29 is 24.2 Å². The highest BCUT2D eigenvalue weighted by Crippen LogP contribution is 2.56. The molecule has 290 valence electrons. The highest BCUT2D eigenvalue weighted by Gasteiger charge is 2.54. The molecular formula is C43H83NO5. The second kappa shape index (κ2) is 27.5. The van der Waals surface area contributed by atoms with E-state index in [1.807, 2.05) is 0 Å². The summed E-state index contributed by atoms with van der Waals surface area (Å²) in [6, 6.07) is 0. The molecule has 0 unspecified atom stereocenters. The first kappa shape index (κ1) is 45.9. The molecule has 0 aromatic rings. The molecule has 1 aliphatic carbocycles. The number of aliphatic hydroxyl groups excluding tert-OH is 1. The van der Waals surface area contributed by atoms with E-state index in [1.165, 1.54) is 83.5 Å². The Kier molecular flexibility index (Phi) is 25.8. The summed E-state index contributed by atoms with van der Waals surface area (Å²) >= 11 is 0. The Morgan fingerprint density at radius 1 is 0.653 bits per heavy atom. The van der Waals surface area contributed by atoms with E-state index in [2.05, 4.69) is 53.4 Å². The average Bonchev–Trinajstić information content (AvgIpc) is 3.21. The lowest BCUT2D eigenvalue weighted by Gasteiger charge is -2.40. The highest BCUT2D eigenvalue weighted by molar-refractivity contribution is 5.69. The van der Waals surface area contributed by atoms with Crippen molar-refractivity contribution in [1.29, 1.82) is 0 Å². The van der Waals surface area contributed by atoms with Gasteiger partial charge in [-0.2, -0.15) is 0 Å². The molecule has 0 aromatic heterocycles. The van der Waals surface area contributed by atoms with Gasteiger partial charge in [0.15, 0.2) is 0 Å².